The van der Waals surface area contributed by atoms with Crippen molar-refractivity contribution in [3.05, 3.63) is 28.3 Å². The molecule has 1 N–H and O–H groups in total. The van der Waals surface area contributed by atoms with E-state index in [2.05, 4.69) is 10.3 Å². The molecule has 2 rings (SSSR count). The largest absolute Gasteiger partial charge is 0.423 e. The maximum atomic E-state index is 10.6. The van der Waals surface area contributed by atoms with Crippen LogP contribution in [0.5, 0.6) is 0 Å². The number of aromatic nitrogens is 1. The Bertz CT molecular complexity index is 541. The second-order valence-corrected chi connectivity index (χ2v) is 4.33. The van der Waals surface area contributed by atoms with Crippen molar-refractivity contribution in [3.8, 4) is 0 Å². The van der Waals surface area contributed by atoms with Gasteiger partial charge in [0.05, 0.1) is 11.0 Å². The van der Waals surface area contributed by atoms with Crippen molar-refractivity contribution in [3.63, 3.8) is 0 Å². The fraction of sp³-hybridized carbons (Fsp3) is 0.300. The highest BCUT2D eigenvalue weighted by molar-refractivity contribution is 7.98. The molecule has 0 spiro atoms. The Morgan fingerprint density at radius 2 is 2.41 bits per heavy atom. The van der Waals surface area contributed by atoms with Gasteiger partial charge in [-0.15, -0.1) is 0 Å². The maximum absolute atomic E-state index is 10.6. The van der Waals surface area contributed by atoms with Gasteiger partial charge in [0, 0.05) is 18.4 Å². The normalized spacial score (nSPS) is 10.6. The molecule has 0 saturated heterocycles. The van der Waals surface area contributed by atoms with Gasteiger partial charge in [0.15, 0.2) is 5.58 Å². The molecule has 90 valence electrons. The van der Waals surface area contributed by atoms with Crippen molar-refractivity contribution in [1.82, 2.24) is 4.98 Å². The number of nitrogens with zero attached hydrogens (tertiary/aromatic N) is 2. The number of anilines is 1. The lowest BCUT2D eigenvalue weighted by Gasteiger charge is -1.97. The van der Waals surface area contributed by atoms with E-state index in [1.54, 1.807) is 17.8 Å². The molecular weight excluding hydrogens is 242 g/mol. The predicted octanol–water partition coefficient (Wildman–Crippen LogP) is 2.51. The second kappa shape index (κ2) is 5.05. The number of non-ortho nitro benzene ring substituents is 1. The Morgan fingerprint density at radius 3 is 3.12 bits per heavy atom. The molecule has 17 heavy (non-hydrogen) atoms. The Hall–Kier alpha value is -1.76. The van der Waals surface area contributed by atoms with E-state index in [0.717, 1.165) is 12.3 Å². The molecule has 6 nitrogen and oxygen atoms in total. The van der Waals surface area contributed by atoms with Gasteiger partial charge in [0.25, 0.3) is 11.7 Å². The molecule has 0 unspecified atom stereocenters. The molecule has 1 heterocycles. The van der Waals surface area contributed by atoms with E-state index in [1.165, 1.54) is 12.1 Å². The summed E-state index contributed by atoms with van der Waals surface area (Å²) in [5, 5.41) is 13.6. The number of nitro groups is 1. The zero-order valence-electron chi connectivity index (χ0n) is 9.17. The third-order valence-corrected chi connectivity index (χ3v) is 2.78. The van der Waals surface area contributed by atoms with Crippen molar-refractivity contribution in [2.24, 2.45) is 0 Å². The summed E-state index contributed by atoms with van der Waals surface area (Å²) in [6, 6.07) is 4.77. The van der Waals surface area contributed by atoms with Crippen molar-refractivity contribution in [2.75, 3.05) is 23.9 Å². The number of hydrogen-bond acceptors (Lipinski definition) is 6. The number of thioether (sulfide) groups is 1. The number of hydrogen-bond donors (Lipinski definition) is 1. The van der Waals surface area contributed by atoms with Crippen molar-refractivity contribution in [2.45, 2.75) is 0 Å². The summed E-state index contributed by atoms with van der Waals surface area (Å²) in [5.74, 6) is 0.943. The Kier molecular flexibility index (Phi) is 3.48. The van der Waals surface area contributed by atoms with Gasteiger partial charge in [-0.05, 0) is 12.3 Å². The van der Waals surface area contributed by atoms with E-state index < -0.39 is 4.92 Å². The number of oxazole rings is 1. The first-order chi connectivity index (χ1) is 8.20. The summed E-state index contributed by atoms with van der Waals surface area (Å²) < 4.78 is 5.37. The van der Waals surface area contributed by atoms with Crippen LogP contribution < -0.4 is 5.32 Å². The topological polar surface area (TPSA) is 81.2 Å². The van der Waals surface area contributed by atoms with Gasteiger partial charge in [0.1, 0.15) is 5.52 Å². The van der Waals surface area contributed by atoms with Crippen LogP contribution in [0.2, 0.25) is 0 Å². The van der Waals surface area contributed by atoms with Crippen LogP contribution in [0.1, 0.15) is 0 Å². The highest BCUT2D eigenvalue weighted by atomic mass is 32.2. The lowest BCUT2D eigenvalue weighted by Crippen LogP contribution is -2.03. The summed E-state index contributed by atoms with van der Waals surface area (Å²) in [6.45, 7) is 0.746. The Balaban J connectivity index is 2.21. The highest BCUT2D eigenvalue weighted by Crippen LogP contribution is 2.23. The molecule has 7 heteroatoms. The zero-order valence-corrected chi connectivity index (χ0v) is 9.99. The van der Waals surface area contributed by atoms with Crippen LogP contribution in [-0.4, -0.2) is 28.5 Å². The van der Waals surface area contributed by atoms with Crippen LogP contribution in [0.3, 0.4) is 0 Å². The molecule has 1 aromatic heterocycles. The third kappa shape index (κ3) is 2.68. The molecule has 0 bridgehead atoms. The van der Waals surface area contributed by atoms with Crippen molar-refractivity contribution >= 4 is 34.6 Å². The lowest BCUT2D eigenvalue weighted by atomic mass is 10.3. The predicted molar refractivity (Wildman–Crippen MR) is 67.5 cm³/mol. The summed E-state index contributed by atoms with van der Waals surface area (Å²) in [6.07, 6.45) is 2.01. The van der Waals surface area contributed by atoms with E-state index in [9.17, 15) is 10.1 Å². The van der Waals surface area contributed by atoms with E-state index in [-0.39, 0.29) is 5.69 Å². The van der Waals surface area contributed by atoms with Crippen LogP contribution in [-0.2, 0) is 0 Å². The van der Waals surface area contributed by atoms with Gasteiger partial charge in [-0.3, -0.25) is 10.1 Å². The smallest absolute Gasteiger partial charge is 0.295 e. The van der Waals surface area contributed by atoms with Crippen LogP contribution >= 0.6 is 11.8 Å². The molecule has 0 aliphatic carbocycles. The van der Waals surface area contributed by atoms with E-state index in [4.69, 9.17) is 4.42 Å². The molecule has 1 aromatic carbocycles. The standard InChI is InChI=1S/C10H11N3O3S/c1-17-5-4-11-10-12-8-3-2-7(13(14)15)6-9(8)16-10/h2-3,6H,4-5H2,1H3,(H,11,12). The monoisotopic (exact) mass is 253 g/mol. The molecule has 0 amide bonds. The van der Waals surface area contributed by atoms with Crippen LogP contribution in [0.15, 0.2) is 22.6 Å². The second-order valence-electron chi connectivity index (χ2n) is 3.35. The summed E-state index contributed by atoms with van der Waals surface area (Å²) in [4.78, 5) is 14.3. The lowest BCUT2D eigenvalue weighted by molar-refractivity contribution is -0.384. The highest BCUT2D eigenvalue weighted by Gasteiger charge is 2.11. The molecule has 0 radical (unpaired) electrons. The first kappa shape index (κ1) is 11.7. The fourth-order valence-electron chi connectivity index (χ4n) is 1.36. The molecule has 2 aromatic rings. The number of nitro benzene ring substituents is 1. The van der Waals surface area contributed by atoms with Gasteiger partial charge in [-0.1, -0.05) is 0 Å². The van der Waals surface area contributed by atoms with Crippen LogP contribution in [0, 0.1) is 10.1 Å². The Morgan fingerprint density at radius 1 is 1.59 bits per heavy atom. The Labute approximate surface area is 102 Å². The minimum atomic E-state index is -0.456. The molecular formula is C10H11N3O3S. The summed E-state index contributed by atoms with van der Waals surface area (Å²) >= 11 is 1.71. The quantitative estimate of drug-likeness (QED) is 0.501. The van der Waals surface area contributed by atoms with E-state index in [1.807, 2.05) is 6.26 Å². The molecule has 0 atom stereocenters. The van der Waals surface area contributed by atoms with Gasteiger partial charge < -0.3 is 9.73 Å². The number of rotatable bonds is 5. The molecule has 0 fully saturated rings. The van der Waals surface area contributed by atoms with Gasteiger partial charge in [-0.2, -0.15) is 16.7 Å². The SMILES string of the molecule is CSCCNc1nc2ccc([N+](=O)[O-])cc2o1. The minimum Gasteiger partial charge on any atom is -0.423 e. The van der Waals surface area contributed by atoms with Crippen LogP contribution in [0.4, 0.5) is 11.7 Å². The summed E-state index contributed by atoms with van der Waals surface area (Å²) in [7, 11) is 0. The third-order valence-electron chi connectivity index (χ3n) is 2.17. The van der Waals surface area contributed by atoms with E-state index >= 15 is 0 Å². The van der Waals surface area contributed by atoms with Crippen molar-refractivity contribution in [1.29, 1.82) is 0 Å². The molecule has 0 saturated carbocycles. The average molecular weight is 253 g/mol. The zero-order chi connectivity index (χ0) is 12.3. The average Bonchev–Trinajstić information content (AvgIpc) is 2.70. The summed E-state index contributed by atoms with van der Waals surface area (Å²) in [5.41, 5.74) is 1.04. The number of nitrogens with one attached hydrogen (secondary N) is 1. The first-order valence-corrected chi connectivity index (χ1v) is 6.38. The van der Waals surface area contributed by atoms with Gasteiger partial charge in [0.2, 0.25) is 0 Å². The number of fused-ring (bicyclic) bond motifs is 1. The van der Waals surface area contributed by atoms with Gasteiger partial charge >= 0.3 is 0 Å². The number of benzene rings is 1. The fourth-order valence-corrected chi connectivity index (χ4v) is 1.67. The van der Waals surface area contributed by atoms with Crippen molar-refractivity contribution < 1.29 is 9.34 Å². The minimum absolute atomic E-state index is 0.00399. The van der Waals surface area contributed by atoms with Crippen LogP contribution in [0.25, 0.3) is 11.1 Å². The molecule has 0 aliphatic heterocycles. The first-order valence-electron chi connectivity index (χ1n) is 4.98. The maximum Gasteiger partial charge on any atom is 0.295 e. The van der Waals surface area contributed by atoms with Gasteiger partial charge in [-0.25, -0.2) is 0 Å². The van der Waals surface area contributed by atoms with E-state index in [0.29, 0.717) is 17.1 Å². The molecule has 0 aliphatic rings.